The van der Waals surface area contributed by atoms with Gasteiger partial charge < -0.3 is 5.32 Å². The SMILES string of the molecule is CNCC(C)C(=O)c1ccc(C)s1. The summed E-state index contributed by atoms with van der Waals surface area (Å²) in [4.78, 5) is 13.8. The van der Waals surface area contributed by atoms with Crippen LogP contribution in [-0.2, 0) is 0 Å². The van der Waals surface area contributed by atoms with Gasteiger partial charge in [0, 0.05) is 17.3 Å². The summed E-state index contributed by atoms with van der Waals surface area (Å²) in [5.41, 5.74) is 0. The molecule has 1 atom stereocenters. The number of thiophene rings is 1. The van der Waals surface area contributed by atoms with E-state index in [1.165, 1.54) is 4.88 Å². The van der Waals surface area contributed by atoms with Gasteiger partial charge in [-0.1, -0.05) is 6.92 Å². The molecule has 0 fully saturated rings. The van der Waals surface area contributed by atoms with Crippen molar-refractivity contribution in [2.45, 2.75) is 13.8 Å². The van der Waals surface area contributed by atoms with E-state index in [-0.39, 0.29) is 11.7 Å². The van der Waals surface area contributed by atoms with Crippen molar-refractivity contribution in [3.8, 4) is 0 Å². The molecule has 1 rings (SSSR count). The van der Waals surface area contributed by atoms with E-state index in [1.807, 2.05) is 33.0 Å². The van der Waals surface area contributed by atoms with Crippen molar-refractivity contribution >= 4 is 17.1 Å². The summed E-state index contributed by atoms with van der Waals surface area (Å²) in [6.07, 6.45) is 0. The number of nitrogens with one attached hydrogen (secondary N) is 1. The fraction of sp³-hybridized carbons (Fsp3) is 0.500. The zero-order valence-electron chi connectivity index (χ0n) is 8.26. The van der Waals surface area contributed by atoms with Crippen molar-refractivity contribution in [1.29, 1.82) is 0 Å². The van der Waals surface area contributed by atoms with Crippen molar-refractivity contribution in [3.05, 3.63) is 21.9 Å². The molecule has 0 saturated carbocycles. The Labute approximate surface area is 83.0 Å². The van der Waals surface area contributed by atoms with Gasteiger partial charge in [0.15, 0.2) is 5.78 Å². The first-order chi connectivity index (χ1) is 6.15. The van der Waals surface area contributed by atoms with Crippen molar-refractivity contribution in [2.75, 3.05) is 13.6 Å². The Morgan fingerprint density at radius 1 is 1.62 bits per heavy atom. The van der Waals surface area contributed by atoms with Gasteiger partial charge in [0.05, 0.1) is 4.88 Å². The van der Waals surface area contributed by atoms with Crippen LogP contribution in [0.2, 0.25) is 0 Å². The fourth-order valence-corrected chi connectivity index (χ4v) is 2.13. The lowest BCUT2D eigenvalue weighted by atomic mass is 10.1. The van der Waals surface area contributed by atoms with Crippen LogP contribution in [0.3, 0.4) is 0 Å². The second kappa shape index (κ2) is 4.53. The van der Waals surface area contributed by atoms with E-state index >= 15 is 0 Å². The first-order valence-corrected chi connectivity index (χ1v) is 5.22. The number of aryl methyl sites for hydroxylation is 1. The number of hydrogen-bond donors (Lipinski definition) is 1. The highest BCUT2D eigenvalue weighted by Gasteiger charge is 2.15. The molecule has 0 aliphatic heterocycles. The van der Waals surface area contributed by atoms with Crippen molar-refractivity contribution < 1.29 is 4.79 Å². The van der Waals surface area contributed by atoms with Crippen LogP contribution in [-0.4, -0.2) is 19.4 Å². The van der Waals surface area contributed by atoms with Crippen molar-refractivity contribution in [1.82, 2.24) is 5.32 Å². The molecule has 1 N–H and O–H groups in total. The summed E-state index contributed by atoms with van der Waals surface area (Å²) in [5.74, 6) is 0.315. The van der Waals surface area contributed by atoms with E-state index in [1.54, 1.807) is 11.3 Å². The van der Waals surface area contributed by atoms with E-state index in [0.29, 0.717) is 0 Å². The smallest absolute Gasteiger partial charge is 0.176 e. The van der Waals surface area contributed by atoms with Gasteiger partial charge >= 0.3 is 0 Å². The van der Waals surface area contributed by atoms with Gasteiger partial charge in [0.1, 0.15) is 0 Å². The normalized spacial score (nSPS) is 12.8. The minimum absolute atomic E-state index is 0.0723. The van der Waals surface area contributed by atoms with Gasteiger partial charge in [-0.15, -0.1) is 11.3 Å². The highest BCUT2D eigenvalue weighted by molar-refractivity contribution is 7.14. The molecule has 1 aromatic heterocycles. The maximum absolute atomic E-state index is 11.7. The average Bonchev–Trinajstić information content (AvgIpc) is 2.51. The lowest BCUT2D eigenvalue weighted by molar-refractivity contribution is 0.0934. The van der Waals surface area contributed by atoms with Gasteiger partial charge in [0.2, 0.25) is 0 Å². The van der Waals surface area contributed by atoms with Gasteiger partial charge in [-0.3, -0.25) is 4.79 Å². The molecule has 2 nitrogen and oxygen atoms in total. The number of hydrogen-bond acceptors (Lipinski definition) is 3. The highest BCUT2D eigenvalue weighted by atomic mass is 32.1. The molecule has 0 aliphatic carbocycles. The minimum atomic E-state index is 0.0723. The molecule has 13 heavy (non-hydrogen) atoms. The van der Waals surface area contributed by atoms with Crippen molar-refractivity contribution in [2.24, 2.45) is 5.92 Å². The molecular formula is C10H15NOS. The number of rotatable bonds is 4. The molecule has 0 spiro atoms. The predicted molar refractivity (Wildman–Crippen MR) is 56.5 cm³/mol. The van der Waals surface area contributed by atoms with Crippen LogP contribution in [0.4, 0.5) is 0 Å². The average molecular weight is 197 g/mol. The Bertz CT molecular complexity index is 293. The molecule has 0 amide bonds. The molecule has 1 aromatic rings. The molecule has 0 bridgehead atoms. The Balaban J connectivity index is 2.67. The third-order valence-corrected chi connectivity index (χ3v) is 2.96. The van der Waals surface area contributed by atoms with Gasteiger partial charge in [-0.2, -0.15) is 0 Å². The van der Waals surface area contributed by atoms with E-state index in [0.717, 1.165) is 11.4 Å². The van der Waals surface area contributed by atoms with E-state index in [2.05, 4.69) is 5.32 Å². The molecule has 3 heteroatoms. The summed E-state index contributed by atoms with van der Waals surface area (Å²) in [5, 5.41) is 3.01. The first-order valence-electron chi connectivity index (χ1n) is 4.40. The third kappa shape index (κ3) is 2.64. The number of carbonyl (C=O) groups excluding carboxylic acids is 1. The molecule has 0 saturated heterocycles. The summed E-state index contributed by atoms with van der Waals surface area (Å²) in [6.45, 7) is 4.72. The van der Waals surface area contributed by atoms with E-state index in [4.69, 9.17) is 0 Å². The lowest BCUT2D eigenvalue weighted by Crippen LogP contribution is -2.23. The van der Waals surface area contributed by atoms with Crippen LogP contribution in [0.5, 0.6) is 0 Å². The first kappa shape index (κ1) is 10.4. The topological polar surface area (TPSA) is 29.1 Å². The predicted octanol–water partition coefficient (Wildman–Crippen LogP) is 2.09. The molecular weight excluding hydrogens is 182 g/mol. The molecule has 0 radical (unpaired) electrons. The van der Waals surface area contributed by atoms with Crippen LogP contribution < -0.4 is 5.32 Å². The van der Waals surface area contributed by atoms with Crippen LogP contribution in [0.1, 0.15) is 21.5 Å². The van der Waals surface area contributed by atoms with Crippen molar-refractivity contribution in [3.63, 3.8) is 0 Å². The molecule has 0 aromatic carbocycles. The third-order valence-electron chi connectivity index (χ3n) is 1.94. The maximum atomic E-state index is 11.7. The Morgan fingerprint density at radius 3 is 2.77 bits per heavy atom. The largest absolute Gasteiger partial charge is 0.319 e. The lowest BCUT2D eigenvalue weighted by Gasteiger charge is -2.06. The Morgan fingerprint density at radius 2 is 2.31 bits per heavy atom. The van der Waals surface area contributed by atoms with Crippen LogP contribution in [0.25, 0.3) is 0 Å². The Kier molecular flexibility index (Phi) is 3.63. The minimum Gasteiger partial charge on any atom is -0.319 e. The molecule has 1 unspecified atom stereocenters. The van der Waals surface area contributed by atoms with Gasteiger partial charge in [-0.05, 0) is 26.1 Å². The summed E-state index contributed by atoms with van der Waals surface area (Å²) < 4.78 is 0. The monoisotopic (exact) mass is 197 g/mol. The zero-order valence-corrected chi connectivity index (χ0v) is 9.07. The standard InChI is InChI=1S/C10H15NOS/c1-7(6-11-3)10(12)9-5-4-8(2)13-9/h4-5,7,11H,6H2,1-3H3. The summed E-state index contributed by atoms with van der Waals surface area (Å²) >= 11 is 1.57. The quantitative estimate of drug-likeness (QED) is 0.749. The van der Waals surface area contributed by atoms with Crippen LogP contribution in [0.15, 0.2) is 12.1 Å². The van der Waals surface area contributed by atoms with E-state index in [9.17, 15) is 4.79 Å². The van der Waals surface area contributed by atoms with E-state index < -0.39 is 0 Å². The van der Waals surface area contributed by atoms with Gasteiger partial charge in [-0.25, -0.2) is 0 Å². The highest BCUT2D eigenvalue weighted by Crippen LogP contribution is 2.18. The Hall–Kier alpha value is -0.670. The second-order valence-corrected chi connectivity index (χ2v) is 4.52. The molecule has 72 valence electrons. The van der Waals surface area contributed by atoms with Crippen LogP contribution >= 0.6 is 11.3 Å². The molecule has 1 heterocycles. The number of carbonyl (C=O) groups is 1. The van der Waals surface area contributed by atoms with Gasteiger partial charge in [0.25, 0.3) is 0 Å². The molecule has 0 aliphatic rings. The number of ketones is 1. The number of Topliss-reactive ketones (excluding diaryl/α,β-unsaturated/α-hetero) is 1. The zero-order chi connectivity index (χ0) is 9.84. The second-order valence-electron chi connectivity index (χ2n) is 3.23. The fourth-order valence-electron chi connectivity index (χ4n) is 1.21. The summed E-state index contributed by atoms with van der Waals surface area (Å²) in [7, 11) is 1.86. The summed E-state index contributed by atoms with van der Waals surface area (Å²) in [6, 6.07) is 3.90. The van der Waals surface area contributed by atoms with Crippen LogP contribution in [0, 0.1) is 12.8 Å². The maximum Gasteiger partial charge on any atom is 0.176 e.